The molecule has 0 aliphatic carbocycles. The topological polar surface area (TPSA) is 61.6 Å². The van der Waals surface area contributed by atoms with Crippen LogP contribution in [-0.4, -0.2) is 51.6 Å². The number of carbonyl (C=O) groups is 1. The summed E-state index contributed by atoms with van der Waals surface area (Å²) in [6.07, 6.45) is 3.36. The summed E-state index contributed by atoms with van der Waals surface area (Å²) in [5, 5.41) is 9.88. The van der Waals surface area contributed by atoms with Crippen LogP contribution >= 0.6 is 0 Å². The third kappa shape index (κ3) is 2.69. The molecule has 6 nitrogen and oxygen atoms in total. The minimum absolute atomic E-state index is 0.0347. The lowest BCUT2D eigenvalue weighted by Crippen LogP contribution is -2.48. The number of aryl methyl sites for hydroxylation is 1. The second-order valence-corrected chi connectivity index (χ2v) is 5.19. The molecule has 21 heavy (non-hydrogen) atoms. The number of aromatic nitrogens is 2. The number of anilines is 1. The van der Waals surface area contributed by atoms with Gasteiger partial charge in [-0.1, -0.05) is 12.1 Å². The monoisotopic (exact) mass is 286 g/mol. The van der Waals surface area contributed by atoms with Crippen LogP contribution in [0.1, 0.15) is 10.5 Å². The molecule has 2 aromatic rings. The van der Waals surface area contributed by atoms with E-state index >= 15 is 0 Å². The average Bonchev–Trinajstić information content (AvgIpc) is 2.94. The van der Waals surface area contributed by atoms with Crippen LogP contribution in [-0.2, 0) is 7.05 Å². The predicted molar refractivity (Wildman–Crippen MR) is 79.4 cm³/mol. The molecule has 1 amide bonds. The van der Waals surface area contributed by atoms with Gasteiger partial charge in [0.1, 0.15) is 11.4 Å². The summed E-state index contributed by atoms with van der Waals surface area (Å²) in [6.45, 7) is 2.67. The SMILES string of the molecule is Cn1cnc(C(=O)N2CCN(c3ccccc3O)CC2)c1. The number of phenols is 1. The molecule has 1 aromatic heterocycles. The number of imidazole rings is 1. The van der Waals surface area contributed by atoms with Crippen LogP contribution in [0.3, 0.4) is 0 Å². The number of hydrogen-bond donors (Lipinski definition) is 1. The van der Waals surface area contributed by atoms with Crippen LogP contribution in [0.5, 0.6) is 5.75 Å². The number of hydrogen-bond acceptors (Lipinski definition) is 4. The van der Waals surface area contributed by atoms with Gasteiger partial charge in [0.2, 0.25) is 0 Å². The van der Waals surface area contributed by atoms with E-state index in [0.717, 1.165) is 5.69 Å². The van der Waals surface area contributed by atoms with Crippen molar-refractivity contribution in [2.45, 2.75) is 0 Å². The van der Waals surface area contributed by atoms with Gasteiger partial charge < -0.3 is 19.5 Å². The van der Waals surface area contributed by atoms with Crippen LogP contribution in [0, 0.1) is 0 Å². The van der Waals surface area contributed by atoms with E-state index in [0.29, 0.717) is 31.9 Å². The lowest BCUT2D eigenvalue weighted by molar-refractivity contribution is 0.0741. The molecule has 1 saturated heterocycles. The number of phenolic OH excluding ortho intramolecular Hbond substituents is 1. The lowest BCUT2D eigenvalue weighted by atomic mass is 10.2. The maximum atomic E-state index is 12.3. The first-order chi connectivity index (χ1) is 10.1. The second-order valence-electron chi connectivity index (χ2n) is 5.19. The number of piperazine rings is 1. The van der Waals surface area contributed by atoms with Gasteiger partial charge in [-0.2, -0.15) is 0 Å². The molecule has 110 valence electrons. The van der Waals surface area contributed by atoms with Crippen LogP contribution in [0.2, 0.25) is 0 Å². The zero-order valence-electron chi connectivity index (χ0n) is 11.9. The van der Waals surface area contributed by atoms with Gasteiger partial charge in [0, 0.05) is 39.4 Å². The van der Waals surface area contributed by atoms with Crippen molar-refractivity contribution in [3.63, 3.8) is 0 Å². The van der Waals surface area contributed by atoms with Crippen molar-refractivity contribution in [3.05, 3.63) is 42.5 Å². The van der Waals surface area contributed by atoms with E-state index in [2.05, 4.69) is 9.88 Å². The Hall–Kier alpha value is -2.50. The highest BCUT2D eigenvalue weighted by Gasteiger charge is 2.24. The number of rotatable bonds is 2. The molecule has 1 aliphatic rings. The highest BCUT2D eigenvalue weighted by molar-refractivity contribution is 5.92. The normalized spacial score (nSPS) is 15.3. The average molecular weight is 286 g/mol. The highest BCUT2D eigenvalue weighted by Crippen LogP contribution is 2.27. The fourth-order valence-corrected chi connectivity index (χ4v) is 2.57. The van der Waals surface area contributed by atoms with Crippen molar-refractivity contribution >= 4 is 11.6 Å². The van der Waals surface area contributed by atoms with Crippen molar-refractivity contribution < 1.29 is 9.90 Å². The Labute approximate surface area is 123 Å². The van der Waals surface area contributed by atoms with Crippen LogP contribution in [0.4, 0.5) is 5.69 Å². The van der Waals surface area contributed by atoms with Crippen LogP contribution < -0.4 is 4.90 Å². The van der Waals surface area contributed by atoms with Gasteiger partial charge >= 0.3 is 0 Å². The van der Waals surface area contributed by atoms with E-state index in [1.54, 1.807) is 34.1 Å². The van der Waals surface area contributed by atoms with Crippen molar-refractivity contribution in [2.75, 3.05) is 31.1 Å². The van der Waals surface area contributed by atoms with E-state index in [-0.39, 0.29) is 11.7 Å². The van der Waals surface area contributed by atoms with E-state index < -0.39 is 0 Å². The van der Waals surface area contributed by atoms with E-state index in [1.807, 2.05) is 19.2 Å². The van der Waals surface area contributed by atoms with Crippen molar-refractivity contribution in [1.29, 1.82) is 0 Å². The summed E-state index contributed by atoms with van der Waals surface area (Å²) in [7, 11) is 1.85. The molecule has 2 heterocycles. The zero-order valence-corrected chi connectivity index (χ0v) is 11.9. The first-order valence-corrected chi connectivity index (χ1v) is 6.95. The first-order valence-electron chi connectivity index (χ1n) is 6.95. The van der Waals surface area contributed by atoms with Gasteiger partial charge in [-0.25, -0.2) is 4.98 Å². The van der Waals surface area contributed by atoms with Gasteiger partial charge in [-0.15, -0.1) is 0 Å². The largest absolute Gasteiger partial charge is 0.506 e. The van der Waals surface area contributed by atoms with E-state index in [4.69, 9.17) is 0 Å². The van der Waals surface area contributed by atoms with E-state index in [1.165, 1.54) is 0 Å². The van der Waals surface area contributed by atoms with Gasteiger partial charge in [0.25, 0.3) is 5.91 Å². The molecule has 0 bridgehead atoms. The molecule has 0 spiro atoms. The summed E-state index contributed by atoms with van der Waals surface area (Å²) in [5.74, 6) is 0.245. The Balaban J connectivity index is 1.65. The number of carbonyl (C=O) groups excluding carboxylic acids is 1. The smallest absolute Gasteiger partial charge is 0.274 e. The molecule has 1 aliphatic heterocycles. The maximum Gasteiger partial charge on any atom is 0.274 e. The summed E-state index contributed by atoms with van der Waals surface area (Å²) in [6, 6.07) is 7.28. The maximum absolute atomic E-state index is 12.3. The lowest BCUT2D eigenvalue weighted by Gasteiger charge is -2.36. The van der Waals surface area contributed by atoms with Crippen molar-refractivity contribution in [1.82, 2.24) is 14.5 Å². The summed E-state index contributed by atoms with van der Waals surface area (Å²) in [5.41, 5.74) is 1.30. The Morgan fingerprint density at radius 3 is 2.52 bits per heavy atom. The molecular formula is C15H18N4O2. The van der Waals surface area contributed by atoms with Gasteiger partial charge in [-0.3, -0.25) is 4.79 Å². The summed E-state index contributed by atoms with van der Waals surface area (Å²) >= 11 is 0. The third-order valence-electron chi connectivity index (χ3n) is 3.71. The predicted octanol–water partition coefficient (Wildman–Crippen LogP) is 1.09. The highest BCUT2D eigenvalue weighted by atomic mass is 16.3. The molecular weight excluding hydrogens is 268 g/mol. The Morgan fingerprint density at radius 2 is 1.90 bits per heavy atom. The van der Waals surface area contributed by atoms with Gasteiger partial charge in [-0.05, 0) is 12.1 Å². The number of aromatic hydroxyl groups is 1. The Bertz CT molecular complexity index is 645. The van der Waals surface area contributed by atoms with E-state index in [9.17, 15) is 9.90 Å². The molecule has 0 unspecified atom stereocenters. The number of amides is 1. The second kappa shape index (κ2) is 5.47. The third-order valence-corrected chi connectivity index (χ3v) is 3.71. The molecule has 0 saturated carbocycles. The minimum atomic E-state index is -0.0347. The minimum Gasteiger partial charge on any atom is -0.506 e. The fraction of sp³-hybridized carbons (Fsp3) is 0.333. The molecule has 6 heteroatoms. The Morgan fingerprint density at radius 1 is 1.19 bits per heavy atom. The fourth-order valence-electron chi connectivity index (χ4n) is 2.57. The number of para-hydroxylation sites is 2. The van der Waals surface area contributed by atoms with Crippen molar-refractivity contribution in [3.8, 4) is 5.75 Å². The Kier molecular flexibility index (Phi) is 3.51. The standard InChI is InChI=1S/C15H18N4O2/c1-17-10-12(16-11-17)15(21)19-8-6-18(7-9-19)13-4-2-3-5-14(13)20/h2-5,10-11,20H,6-9H2,1H3. The summed E-state index contributed by atoms with van der Waals surface area (Å²) in [4.78, 5) is 20.3. The zero-order chi connectivity index (χ0) is 14.8. The summed E-state index contributed by atoms with van der Waals surface area (Å²) < 4.78 is 1.77. The van der Waals surface area contributed by atoms with Gasteiger partial charge in [0.15, 0.2) is 0 Å². The van der Waals surface area contributed by atoms with Crippen molar-refractivity contribution in [2.24, 2.45) is 7.05 Å². The number of nitrogens with zero attached hydrogens (tertiary/aromatic N) is 4. The van der Waals surface area contributed by atoms with Crippen LogP contribution in [0.25, 0.3) is 0 Å². The molecule has 0 atom stereocenters. The molecule has 1 N–H and O–H groups in total. The number of benzene rings is 1. The molecule has 1 aromatic carbocycles. The first kappa shape index (κ1) is 13.5. The molecule has 1 fully saturated rings. The quantitative estimate of drug-likeness (QED) is 0.897. The molecule has 3 rings (SSSR count). The van der Waals surface area contributed by atoms with Crippen LogP contribution in [0.15, 0.2) is 36.8 Å². The molecule has 0 radical (unpaired) electrons. The van der Waals surface area contributed by atoms with Gasteiger partial charge in [0.05, 0.1) is 12.0 Å².